The summed E-state index contributed by atoms with van der Waals surface area (Å²) in [5, 5.41) is 9.19. The second-order valence-electron chi connectivity index (χ2n) is 7.65. The number of rotatable bonds is 8. The van der Waals surface area contributed by atoms with E-state index in [2.05, 4.69) is 39.9 Å². The summed E-state index contributed by atoms with van der Waals surface area (Å²) in [4.78, 5) is 9.47. The van der Waals surface area contributed by atoms with Crippen molar-refractivity contribution in [3.8, 4) is 11.8 Å². The van der Waals surface area contributed by atoms with Crippen LogP contribution in [0.2, 0.25) is 0 Å². The Bertz CT molecular complexity index is 809. The molecule has 0 bridgehead atoms. The van der Waals surface area contributed by atoms with Crippen LogP contribution in [0.1, 0.15) is 37.6 Å². The molecule has 6 heteroatoms. The van der Waals surface area contributed by atoms with Crippen molar-refractivity contribution in [3.05, 3.63) is 53.9 Å². The minimum Gasteiger partial charge on any atom is -0.497 e. The Morgan fingerprint density at radius 3 is 2.59 bits per heavy atom. The molecule has 2 heterocycles. The lowest BCUT2D eigenvalue weighted by molar-refractivity contribution is 0.154. The van der Waals surface area contributed by atoms with Crippen LogP contribution in [0.5, 0.6) is 5.75 Å². The zero-order chi connectivity index (χ0) is 20.6. The number of methoxy groups -OCH3 is 1. The summed E-state index contributed by atoms with van der Waals surface area (Å²) in [6.07, 6.45) is 3.23. The molecule has 1 aliphatic heterocycles. The average Bonchev–Trinajstić information content (AvgIpc) is 2.78. The normalized spacial score (nSPS) is 16.2. The summed E-state index contributed by atoms with van der Waals surface area (Å²) in [7, 11) is 1.68. The molecule has 2 aromatic rings. The highest BCUT2D eigenvalue weighted by atomic mass is 16.5. The first-order valence-electron chi connectivity index (χ1n) is 10.4. The molecule has 0 aliphatic carbocycles. The predicted molar refractivity (Wildman–Crippen MR) is 116 cm³/mol. The van der Waals surface area contributed by atoms with Crippen LogP contribution in [0.15, 0.2) is 42.5 Å². The number of aromatic nitrogens is 1. The zero-order valence-electron chi connectivity index (χ0n) is 17.4. The summed E-state index contributed by atoms with van der Waals surface area (Å²) in [5.74, 6) is 0.851. The number of nitriles is 1. The molecule has 0 amide bonds. The SMILES string of the molecule is COc1ccc(N(Cc2cccc(C#N)n2)C2CCN([C@H](C)CCN)CC2)cc1. The highest BCUT2D eigenvalue weighted by molar-refractivity contribution is 5.50. The van der Waals surface area contributed by atoms with E-state index in [4.69, 9.17) is 10.5 Å². The maximum atomic E-state index is 9.19. The van der Waals surface area contributed by atoms with E-state index in [1.54, 1.807) is 13.2 Å². The van der Waals surface area contributed by atoms with Crippen molar-refractivity contribution in [2.45, 2.75) is 44.8 Å². The number of hydrogen-bond acceptors (Lipinski definition) is 6. The van der Waals surface area contributed by atoms with Crippen molar-refractivity contribution in [2.24, 2.45) is 5.73 Å². The van der Waals surface area contributed by atoms with Gasteiger partial charge in [0.2, 0.25) is 0 Å². The Labute approximate surface area is 173 Å². The number of anilines is 1. The maximum Gasteiger partial charge on any atom is 0.140 e. The van der Waals surface area contributed by atoms with Crippen LogP contribution in [-0.2, 0) is 6.54 Å². The second-order valence-corrected chi connectivity index (χ2v) is 7.65. The molecule has 0 saturated carbocycles. The Balaban J connectivity index is 1.78. The van der Waals surface area contributed by atoms with Crippen molar-refractivity contribution in [1.82, 2.24) is 9.88 Å². The summed E-state index contributed by atoms with van der Waals surface area (Å²) >= 11 is 0. The van der Waals surface area contributed by atoms with Gasteiger partial charge in [-0.15, -0.1) is 0 Å². The van der Waals surface area contributed by atoms with Crippen LogP contribution in [0.4, 0.5) is 5.69 Å². The van der Waals surface area contributed by atoms with Gasteiger partial charge >= 0.3 is 0 Å². The van der Waals surface area contributed by atoms with Gasteiger partial charge in [0.05, 0.1) is 19.3 Å². The highest BCUT2D eigenvalue weighted by Gasteiger charge is 2.27. The van der Waals surface area contributed by atoms with Gasteiger partial charge in [-0.2, -0.15) is 5.26 Å². The van der Waals surface area contributed by atoms with Gasteiger partial charge in [-0.05, 0) is 69.1 Å². The summed E-state index contributed by atoms with van der Waals surface area (Å²) in [5.41, 5.74) is 8.28. The van der Waals surface area contributed by atoms with Gasteiger partial charge in [-0.1, -0.05) is 6.07 Å². The fraction of sp³-hybridized carbons (Fsp3) is 0.478. The van der Waals surface area contributed by atoms with Crippen molar-refractivity contribution >= 4 is 5.69 Å². The minimum absolute atomic E-state index is 0.428. The van der Waals surface area contributed by atoms with Crippen molar-refractivity contribution in [3.63, 3.8) is 0 Å². The Kier molecular flexibility index (Phi) is 7.45. The van der Waals surface area contributed by atoms with Crippen molar-refractivity contribution < 1.29 is 4.74 Å². The van der Waals surface area contributed by atoms with Gasteiger partial charge in [-0.3, -0.25) is 0 Å². The van der Waals surface area contributed by atoms with Gasteiger partial charge in [0.15, 0.2) is 0 Å². The number of likely N-dealkylation sites (tertiary alicyclic amines) is 1. The van der Waals surface area contributed by atoms with Crippen LogP contribution in [0.3, 0.4) is 0 Å². The molecule has 1 atom stereocenters. The fourth-order valence-electron chi connectivity index (χ4n) is 4.07. The first kappa shape index (κ1) is 21.1. The molecule has 3 rings (SSSR count). The topological polar surface area (TPSA) is 78.4 Å². The van der Waals surface area contributed by atoms with Crippen molar-refractivity contribution in [1.29, 1.82) is 5.26 Å². The van der Waals surface area contributed by atoms with E-state index in [1.165, 1.54) is 0 Å². The van der Waals surface area contributed by atoms with E-state index in [1.807, 2.05) is 24.3 Å². The number of benzene rings is 1. The molecule has 0 spiro atoms. The third kappa shape index (κ3) is 5.47. The number of hydrogen-bond donors (Lipinski definition) is 1. The van der Waals surface area contributed by atoms with Gasteiger partial charge in [0.1, 0.15) is 17.5 Å². The molecular weight excluding hydrogens is 362 g/mol. The Morgan fingerprint density at radius 2 is 1.97 bits per heavy atom. The minimum atomic E-state index is 0.428. The first-order valence-corrected chi connectivity index (χ1v) is 10.4. The van der Waals surface area contributed by atoms with Gasteiger partial charge in [0, 0.05) is 30.9 Å². The van der Waals surface area contributed by atoms with E-state index in [-0.39, 0.29) is 0 Å². The smallest absolute Gasteiger partial charge is 0.140 e. The number of nitrogens with two attached hydrogens (primary N) is 1. The highest BCUT2D eigenvalue weighted by Crippen LogP contribution is 2.28. The molecule has 29 heavy (non-hydrogen) atoms. The molecule has 1 saturated heterocycles. The lowest BCUT2D eigenvalue weighted by atomic mass is 9.99. The third-order valence-corrected chi connectivity index (χ3v) is 5.81. The molecule has 0 radical (unpaired) electrons. The van der Waals surface area contributed by atoms with E-state index in [9.17, 15) is 5.26 Å². The van der Waals surface area contributed by atoms with Gasteiger partial charge in [0.25, 0.3) is 0 Å². The van der Waals surface area contributed by atoms with Crippen molar-refractivity contribution in [2.75, 3.05) is 31.6 Å². The molecule has 1 aromatic heterocycles. The molecule has 0 unspecified atom stereocenters. The number of ether oxygens (including phenoxy) is 1. The molecule has 2 N–H and O–H groups in total. The van der Waals surface area contributed by atoms with E-state index >= 15 is 0 Å². The molecule has 1 aliphatic rings. The quantitative estimate of drug-likeness (QED) is 0.742. The van der Waals surface area contributed by atoms with Crippen LogP contribution in [0.25, 0.3) is 0 Å². The summed E-state index contributed by atoms with van der Waals surface area (Å²) < 4.78 is 5.32. The standard InChI is InChI=1S/C23H31N5O/c1-18(10-13-24)27-14-11-22(12-15-27)28(21-6-8-23(29-2)9-7-21)17-20-5-3-4-19(16-25)26-20/h3-9,18,22H,10-15,17,24H2,1-2H3/t18-/m1/s1. The molecule has 6 nitrogen and oxygen atoms in total. The first-order chi connectivity index (χ1) is 14.1. The number of piperidine rings is 1. The van der Waals surface area contributed by atoms with E-state index < -0.39 is 0 Å². The average molecular weight is 394 g/mol. The molecule has 154 valence electrons. The number of pyridine rings is 1. The largest absolute Gasteiger partial charge is 0.497 e. The molecular formula is C23H31N5O. The molecule has 1 aromatic carbocycles. The fourth-order valence-corrected chi connectivity index (χ4v) is 4.07. The number of nitrogens with zero attached hydrogens (tertiary/aromatic N) is 4. The zero-order valence-corrected chi connectivity index (χ0v) is 17.4. The van der Waals surface area contributed by atoms with Crippen LogP contribution < -0.4 is 15.4 Å². The lowest BCUT2D eigenvalue weighted by Crippen LogP contribution is -2.47. The van der Waals surface area contributed by atoms with Crippen LogP contribution >= 0.6 is 0 Å². The monoisotopic (exact) mass is 393 g/mol. The summed E-state index contributed by atoms with van der Waals surface area (Å²) in [6, 6.07) is 17.0. The summed E-state index contributed by atoms with van der Waals surface area (Å²) in [6.45, 7) is 5.84. The predicted octanol–water partition coefficient (Wildman–Crippen LogP) is 3.17. The second kappa shape index (κ2) is 10.2. The van der Waals surface area contributed by atoms with Crippen LogP contribution in [0, 0.1) is 11.3 Å². The molecule has 1 fully saturated rings. The Morgan fingerprint density at radius 1 is 1.24 bits per heavy atom. The Hall–Kier alpha value is -2.62. The van der Waals surface area contributed by atoms with E-state index in [0.717, 1.165) is 56.0 Å². The third-order valence-electron chi connectivity index (χ3n) is 5.81. The van der Waals surface area contributed by atoms with Gasteiger partial charge < -0.3 is 20.3 Å². The van der Waals surface area contributed by atoms with E-state index in [0.29, 0.717) is 24.3 Å². The van der Waals surface area contributed by atoms with Crippen LogP contribution in [-0.4, -0.2) is 48.7 Å². The van der Waals surface area contributed by atoms with Gasteiger partial charge in [-0.25, -0.2) is 4.98 Å². The lowest BCUT2D eigenvalue weighted by Gasteiger charge is -2.41. The maximum absolute atomic E-state index is 9.19.